The van der Waals surface area contributed by atoms with Gasteiger partial charge in [0.25, 0.3) is 5.91 Å². The highest BCUT2D eigenvalue weighted by atomic mass is 16.1. The molecule has 17 heavy (non-hydrogen) atoms. The van der Waals surface area contributed by atoms with E-state index in [0.717, 1.165) is 0 Å². The number of rotatable bonds is 3. The van der Waals surface area contributed by atoms with E-state index in [-0.39, 0.29) is 11.3 Å². The molecule has 5 heteroatoms. The van der Waals surface area contributed by atoms with E-state index >= 15 is 0 Å². The van der Waals surface area contributed by atoms with Gasteiger partial charge in [0.1, 0.15) is 11.5 Å². The molecule has 0 bridgehead atoms. The molecule has 1 aliphatic rings. The highest BCUT2D eigenvalue weighted by Gasteiger charge is 2.29. The molecule has 0 aromatic carbocycles. The fourth-order valence-corrected chi connectivity index (χ4v) is 2.24. The van der Waals surface area contributed by atoms with Gasteiger partial charge in [-0.1, -0.05) is 19.8 Å². The molecule has 92 valence electrons. The van der Waals surface area contributed by atoms with Crippen molar-refractivity contribution in [1.82, 2.24) is 15.3 Å². The minimum Gasteiger partial charge on any atom is -0.382 e. The zero-order chi connectivity index (χ0) is 12.3. The Morgan fingerprint density at radius 1 is 1.41 bits per heavy atom. The maximum Gasteiger partial charge on any atom is 0.271 e. The van der Waals surface area contributed by atoms with Crippen molar-refractivity contribution in [2.75, 3.05) is 12.3 Å². The molecule has 1 aliphatic carbocycles. The molecule has 1 amide bonds. The van der Waals surface area contributed by atoms with Crippen molar-refractivity contribution >= 4 is 11.7 Å². The molecule has 1 aromatic heterocycles. The number of nitrogens with zero attached hydrogens (tertiary/aromatic N) is 2. The van der Waals surface area contributed by atoms with Crippen molar-refractivity contribution in [3.05, 3.63) is 18.1 Å². The van der Waals surface area contributed by atoms with Gasteiger partial charge in [0.2, 0.25) is 0 Å². The number of hydrogen-bond acceptors (Lipinski definition) is 4. The third-order valence-corrected chi connectivity index (χ3v) is 3.39. The summed E-state index contributed by atoms with van der Waals surface area (Å²) in [6.07, 6.45) is 7.68. The fraction of sp³-hybridized carbons (Fsp3) is 0.583. The van der Waals surface area contributed by atoms with Gasteiger partial charge in [0, 0.05) is 6.54 Å². The summed E-state index contributed by atoms with van der Waals surface area (Å²) in [6.45, 7) is 2.92. The molecule has 0 aliphatic heterocycles. The summed E-state index contributed by atoms with van der Waals surface area (Å²) >= 11 is 0. The second-order valence-corrected chi connectivity index (χ2v) is 5.03. The lowest BCUT2D eigenvalue weighted by Gasteiger charge is -2.23. The molecule has 5 nitrogen and oxygen atoms in total. The van der Waals surface area contributed by atoms with E-state index < -0.39 is 0 Å². The predicted octanol–water partition coefficient (Wildman–Crippen LogP) is 1.37. The van der Waals surface area contributed by atoms with Crippen LogP contribution in [-0.2, 0) is 0 Å². The van der Waals surface area contributed by atoms with Gasteiger partial charge in [0.05, 0.1) is 12.4 Å². The molecule has 0 spiro atoms. The van der Waals surface area contributed by atoms with Crippen LogP contribution < -0.4 is 11.1 Å². The van der Waals surface area contributed by atoms with Crippen molar-refractivity contribution in [2.45, 2.75) is 32.6 Å². The summed E-state index contributed by atoms with van der Waals surface area (Å²) in [5, 5.41) is 2.92. The average molecular weight is 234 g/mol. The number of aromatic nitrogens is 2. The lowest BCUT2D eigenvalue weighted by Crippen LogP contribution is -2.34. The third-order valence-electron chi connectivity index (χ3n) is 3.39. The van der Waals surface area contributed by atoms with E-state index in [4.69, 9.17) is 5.73 Å². The zero-order valence-electron chi connectivity index (χ0n) is 10.1. The van der Waals surface area contributed by atoms with Gasteiger partial charge in [-0.05, 0) is 18.3 Å². The van der Waals surface area contributed by atoms with Gasteiger partial charge in [0.15, 0.2) is 0 Å². The molecule has 0 radical (unpaired) electrons. The standard InChI is InChI=1S/C12H18N4O/c1-12(4-2-3-5-12)8-16-11(17)9-6-15-10(13)7-14-9/h6-7H,2-5,8H2,1H3,(H2,13,15)(H,16,17). The van der Waals surface area contributed by atoms with Crippen LogP contribution in [0.3, 0.4) is 0 Å². The Morgan fingerprint density at radius 3 is 2.71 bits per heavy atom. The predicted molar refractivity (Wildman–Crippen MR) is 65.4 cm³/mol. The van der Waals surface area contributed by atoms with Crippen molar-refractivity contribution in [3.8, 4) is 0 Å². The van der Waals surface area contributed by atoms with Crippen LogP contribution in [0.2, 0.25) is 0 Å². The average Bonchev–Trinajstić information content (AvgIpc) is 2.75. The molecular weight excluding hydrogens is 216 g/mol. The Balaban J connectivity index is 1.91. The Kier molecular flexibility index (Phi) is 3.26. The van der Waals surface area contributed by atoms with E-state index in [1.54, 1.807) is 0 Å². The second kappa shape index (κ2) is 4.69. The summed E-state index contributed by atoms with van der Waals surface area (Å²) in [5.74, 6) is 0.148. The third kappa shape index (κ3) is 2.93. The summed E-state index contributed by atoms with van der Waals surface area (Å²) < 4.78 is 0. The zero-order valence-corrected chi connectivity index (χ0v) is 10.1. The number of hydrogen-bond donors (Lipinski definition) is 2. The molecule has 0 atom stereocenters. The molecule has 1 heterocycles. The molecule has 1 saturated carbocycles. The van der Waals surface area contributed by atoms with E-state index in [0.29, 0.717) is 18.1 Å². The second-order valence-electron chi connectivity index (χ2n) is 5.03. The molecular formula is C12H18N4O. The summed E-state index contributed by atoms with van der Waals surface area (Å²) in [4.78, 5) is 19.6. The van der Waals surface area contributed by atoms with Crippen LogP contribution in [-0.4, -0.2) is 22.4 Å². The summed E-state index contributed by atoms with van der Waals surface area (Å²) in [7, 11) is 0. The first-order chi connectivity index (χ1) is 8.09. The largest absolute Gasteiger partial charge is 0.382 e. The van der Waals surface area contributed by atoms with Crippen LogP contribution in [0.25, 0.3) is 0 Å². The molecule has 2 rings (SSSR count). The van der Waals surface area contributed by atoms with Crippen molar-refractivity contribution < 1.29 is 4.79 Å². The maximum atomic E-state index is 11.8. The lowest BCUT2D eigenvalue weighted by molar-refractivity contribution is 0.0929. The highest BCUT2D eigenvalue weighted by molar-refractivity contribution is 5.92. The summed E-state index contributed by atoms with van der Waals surface area (Å²) in [6, 6.07) is 0. The Hall–Kier alpha value is -1.65. The minimum atomic E-state index is -0.175. The van der Waals surface area contributed by atoms with Crippen molar-refractivity contribution in [1.29, 1.82) is 0 Å². The van der Waals surface area contributed by atoms with Gasteiger partial charge in [-0.25, -0.2) is 9.97 Å². The topological polar surface area (TPSA) is 80.9 Å². The first-order valence-electron chi connectivity index (χ1n) is 5.95. The Bertz CT molecular complexity index is 395. The van der Waals surface area contributed by atoms with Crippen LogP contribution in [0.4, 0.5) is 5.82 Å². The van der Waals surface area contributed by atoms with Crippen LogP contribution in [0, 0.1) is 5.41 Å². The van der Waals surface area contributed by atoms with E-state index in [2.05, 4.69) is 22.2 Å². The molecule has 1 fully saturated rings. The van der Waals surface area contributed by atoms with Gasteiger partial charge in [-0.3, -0.25) is 4.79 Å². The molecule has 0 unspecified atom stereocenters. The maximum absolute atomic E-state index is 11.8. The number of nitrogen functional groups attached to an aromatic ring is 1. The number of amides is 1. The number of nitrogens with two attached hydrogens (primary N) is 1. The number of nitrogens with one attached hydrogen (secondary N) is 1. The number of carbonyl (C=O) groups is 1. The Labute approximate surface area is 101 Å². The monoisotopic (exact) mass is 234 g/mol. The van der Waals surface area contributed by atoms with E-state index in [1.165, 1.54) is 38.1 Å². The quantitative estimate of drug-likeness (QED) is 0.827. The lowest BCUT2D eigenvalue weighted by atomic mass is 9.89. The van der Waals surface area contributed by atoms with Crippen molar-refractivity contribution in [2.24, 2.45) is 5.41 Å². The van der Waals surface area contributed by atoms with Gasteiger partial charge < -0.3 is 11.1 Å². The normalized spacial score (nSPS) is 17.9. The smallest absolute Gasteiger partial charge is 0.271 e. The van der Waals surface area contributed by atoms with E-state index in [1.807, 2.05) is 0 Å². The van der Waals surface area contributed by atoms with Gasteiger partial charge in [-0.2, -0.15) is 0 Å². The first kappa shape index (κ1) is 11.8. The highest BCUT2D eigenvalue weighted by Crippen LogP contribution is 2.36. The van der Waals surface area contributed by atoms with Crippen LogP contribution in [0.15, 0.2) is 12.4 Å². The van der Waals surface area contributed by atoms with Gasteiger partial charge >= 0.3 is 0 Å². The van der Waals surface area contributed by atoms with E-state index in [9.17, 15) is 4.79 Å². The SMILES string of the molecule is CC1(CNC(=O)c2cnc(N)cn2)CCCC1. The van der Waals surface area contributed by atoms with Gasteiger partial charge in [-0.15, -0.1) is 0 Å². The van der Waals surface area contributed by atoms with Crippen LogP contribution in [0.5, 0.6) is 0 Å². The fourth-order valence-electron chi connectivity index (χ4n) is 2.24. The molecule has 1 aromatic rings. The van der Waals surface area contributed by atoms with Crippen LogP contribution in [0.1, 0.15) is 43.1 Å². The van der Waals surface area contributed by atoms with Crippen LogP contribution >= 0.6 is 0 Å². The molecule has 3 N–H and O–H groups in total. The molecule has 0 saturated heterocycles. The number of anilines is 1. The Morgan fingerprint density at radius 2 is 2.12 bits per heavy atom. The summed E-state index contributed by atoms with van der Waals surface area (Å²) in [5.41, 5.74) is 5.98. The first-order valence-corrected chi connectivity index (χ1v) is 5.95. The van der Waals surface area contributed by atoms with Crippen molar-refractivity contribution in [3.63, 3.8) is 0 Å². The minimum absolute atomic E-state index is 0.175. The number of carbonyl (C=O) groups excluding carboxylic acids is 1.